The molecule has 0 spiro atoms. The summed E-state index contributed by atoms with van der Waals surface area (Å²) in [7, 11) is 0. The fourth-order valence-electron chi connectivity index (χ4n) is 4.24. The molecule has 1 aliphatic rings. The number of hydrogen-bond acceptors (Lipinski definition) is 3. The number of rotatable bonds is 5. The van der Waals surface area contributed by atoms with Crippen LogP contribution in [0, 0.1) is 0 Å². The number of carbonyl (C=O) groups is 2. The largest absolute Gasteiger partial charge is 0.353 e. The number of hydrogen-bond donors (Lipinski definition) is 3. The van der Waals surface area contributed by atoms with Crippen LogP contribution >= 0.6 is 0 Å². The van der Waals surface area contributed by atoms with Crippen molar-refractivity contribution < 1.29 is 9.59 Å². The Kier molecular flexibility index (Phi) is 6.59. The van der Waals surface area contributed by atoms with Gasteiger partial charge in [0, 0.05) is 35.6 Å². The number of piperidine rings is 1. The topological polar surface area (TPSA) is 70.2 Å². The van der Waals surface area contributed by atoms with Gasteiger partial charge in [-0.05, 0) is 63.6 Å². The van der Waals surface area contributed by atoms with Crippen LogP contribution in [0.5, 0.6) is 0 Å². The predicted octanol–water partition coefficient (Wildman–Crippen LogP) is 3.53. The summed E-state index contributed by atoms with van der Waals surface area (Å²) in [5, 5.41) is 9.60. The lowest BCUT2D eigenvalue weighted by Crippen LogP contribution is -2.62. The molecule has 0 saturated carbocycles. The third-order valence-corrected chi connectivity index (χ3v) is 5.21. The van der Waals surface area contributed by atoms with Gasteiger partial charge in [-0.2, -0.15) is 0 Å². The van der Waals surface area contributed by atoms with Crippen LogP contribution in [0.2, 0.25) is 0 Å². The Bertz CT molecular complexity index is 684. The molecule has 1 aromatic carbocycles. The molecule has 0 aliphatic carbocycles. The molecule has 0 unspecified atom stereocenters. The van der Waals surface area contributed by atoms with Crippen molar-refractivity contribution in [3.8, 4) is 0 Å². The first-order valence-electron chi connectivity index (χ1n) is 10.2. The van der Waals surface area contributed by atoms with E-state index in [-0.39, 0.29) is 40.8 Å². The maximum atomic E-state index is 12.3. The molecule has 1 heterocycles. The summed E-state index contributed by atoms with van der Waals surface area (Å²) in [6.45, 7) is 15.4. The van der Waals surface area contributed by atoms with Crippen molar-refractivity contribution in [2.45, 2.75) is 90.3 Å². The molecule has 1 aromatic rings. The van der Waals surface area contributed by atoms with Gasteiger partial charge in [0.05, 0.1) is 0 Å². The average Bonchev–Trinajstić information content (AvgIpc) is 2.50. The van der Waals surface area contributed by atoms with Gasteiger partial charge in [0.15, 0.2) is 0 Å². The zero-order chi connectivity index (χ0) is 21.2. The molecule has 1 fully saturated rings. The van der Waals surface area contributed by atoms with Gasteiger partial charge in [0.1, 0.15) is 0 Å². The van der Waals surface area contributed by atoms with E-state index in [9.17, 15) is 9.59 Å². The van der Waals surface area contributed by atoms with Crippen LogP contribution in [0.4, 0.5) is 0 Å². The van der Waals surface area contributed by atoms with Crippen LogP contribution in [0.25, 0.3) is 0 Å². The Morgan fingerprint density at radius 2 is 1.57 bits per heavy atom. The third kappa shape index (κ3) is 6.62. The molecule has 0 bridgehead atoms. The highest BCUT2D eigenvalue weighted by molar-refractivity contribution is 5.94. The van der Waals surface area contributed by atoms with E-state index < -0.39 is 0 Å². The van der Waals surface area contributed by atoms with E-state index in [4.69, 9.17) is 0 Å². The number of carbonyl (C=O) groups excluding carboxylic acids is 2. The Balaban J connectivity index is 1.79. The van der Waals surface area contributed by atoms with Crippen molar-refractivity contribution in [2.75, 3.05) is 6.54 Å². The smallest absolute Gasteiger partial charge is 0.251 e. The molecule has 156 valence electrons. The minimum atomic E-state index is -0.141. The zero-order valence-electron chi connectivity index (χ0n) is 18.5. The SMILES string of the molecule is CC1(C)CC(NC(=O)CCNC(=O)c2ccc(C(C)(C)C)cc2)CC(C)(C)N1. The predicted molar refractivity (Wildman–Crippen MR) is 115 cm³/mol. The summed E-state index contributed by atoms with van der Waals surface area (Å²) in [6, 6.07) is 7.81. The van der Waals surface area contributed by atoms with Gasteiger partial charge >= 0.3 is 0 Å². The molecule has 2 rings (SSSR count). The third-order valence-electron chi connectivity index (χ3n) is 5.21. The van der Waals surface area contributed by atoms with E-state index in [1.165, 1.54) is 5.56 Å². The summed E-state index contributed by atoms with van der Waals surface area (Å²) < 4.78 is 0. The first-order valence-corrected chi connectivity index (χ1v) is 10.2. The molecule has 5 nitrogen and oxygen atoms in total. The fourth-order valence-corrected chi connectivity index (χ4v) is 4.24. The molecular formula is C23H37N3O2. The Morgan fingerprint density at radius 3 is 2.07 bits per heavy atom. The van der Waals surface area contributed by atoms with Crippen LogP contribution in [-0.2, 0) is 10.2 Å². The highest BCUT2D eigenvalue weighted by Gasteiger charge is 2.38. The van der Waals surface area contributed by atoms with Crippen LogP contribution in [-0.4, -0.2) is 35.5 Å². The van der Waals surface area contributed by atoms with Gasteiger partial charge in [0.25, 0.3) is 5.91 Å². The maximum Gasteiger partial charge on any atom is 0.251 e. The van der Waals surface area contributed by atoms with E-state index >= 15 is 0 Å². The van der Waals surface area contributed by atoms with Crippen LogP contribution in [0.3, 0.4) is 0 Å². The van der Waals surface area contributed by atoms with E-state index in [2.05, 4.69) is 64.4 Å². The molecule has 28 heavy (non-hydrogen) atoms. The lowest BCUT2D eigenvalue weighted by atomic mass is 9.79. The molecule has 5 heteroatoms. The minimum absolute atomic E-state index is 0.00682. The highest BCUT2D eigenvalue weighted by Crippen LogP contribution is 2.28. The number of amides is 2. The molecule has 1 aliphatic heterocycles. The van der Waals surface area contributed by atoms with Gasteiger partial charge in [-0.3, -0.25) is 9.59 Å². The molecule has 0 atom stereocenters. The monoisotopic (exact) mass is 387 g/mol. The van der Waals surface area contributed by atoms with Gasteiger partial charge in [0.2, 0.25) is 5.91 Å². The van der Waals surface area contributed by atoms with E-state index in [0.717, 1.165) is 12.8 Å². The Labute approximate surface area is 170 Å². The summed E-state index contributed by atoms with van der Waals surface area (Å²) in [5.74, 6) is -0.153. The lowest BCUT2D eigenvalue weighted by Gasteiger charge is -2.46. The number of benzene rings is 1. The van der Waals surface area contributed by atoms with Gasteiger partial charge in [-0.15, -0.1) is 0 Å². The standard InChI is InChI=1S/C23H37N3O2/c1-21(2,3)17-10-8-16(9-11-17)20(28)24-13-12-19(27)25-18-14-22(4,5)26-23(6,7)15-18/h8-11,18,26H,12-15H2,1-7H3,(H,24,28)(H,25,27). The van der Waals surface area contributed by atoms with Crippen molar-refractivity contribution >= 4 is 11.8 Å². The van der Waals surface area contributed by atoms with Crippen LogP contribution < -0.4 is 16.0 Å². The molecule has 0 radical (unpaired) electrons. The second-order valence-corrected chi connectivity index (χ2v) is 10.4. The summed E-state index contributed by atoms with van der Waals surface area (Å²) in [5.41, 5.74) is 1.86. The fraction of sp³-hybridized carbons (Fsp3) is 0.652. The van der Waals surface area contributed by atoms with Gasteiger partial charge in [-0.1, -0.05) is 32.9 Å². The quantitative estimate of drug-likeness (QED) is 0.724. The average molecular weight is 388 g/mol. The van der Waals surface area contributed by atoms with Crippen molar-refractivity contribution in [2.24, 2.45) is 0 Å². The molecule has 0 aromatic heterocycles. The molecule has 1 saturated heterocycles. The van der Waals surface area contributed by atoms with Gasteiger partial charge in [-0.25, -0.2) is 0 Å². The normalized spacial score (nSPS) is 19.1. The first-order chi connectivity index (χ1) is 12.8. The molecule has 2 amide bonds. The van der Waals surface area contributed by atoms with Crippen molar-refractivity contribution in [1.29, 1.82) is 0 Å². The Hall–Kier alpha value is -1.88. The first kappa shape index (κ1) is 22.4. The van der Waals surface area contributed by atoms with E-state index in [1.807, 2.05) is 24.3 Å². The van der Waals surface area contributed by atoms with E-state index in [1.54, 1.807) is 0 Å². The summed E-state index contributed by atoms with van der Waals surface area (Å²) in [4.78, 5) is 24.6. The Morgan fingerprint density at radius 1 is 1.04 bits per heavy atom. The van der Waals surface area contributed by atoms with Gasteiger partial charge < -0.3 is 16.0 Å². The summed E-state index contributed by atoms with van der Waals surface area (Å²) >= 11 is 0. The van der Waals surface area contributed by atoms with Crippen molar-refractivity contribution in [3.63, 3.8) is 0 Å². The molecule has 3 N–H and O–H groups in total. The highest BCUT2D eigenvalue weighted by atomic mass is 16.2. The molecular weight excluding hydrogens is 350 g/mol. The van der Waals surface area contributed by atoms with Crippen molar-refractivity contribution in [3.05, 3.63) is 35.4 Å². The number of nitrogens with one attached hydrogen (secondary N) is 3. The van der Waals surface area contributed by atoms with Crippen LogP contribution in [0.15, 0.2) is 24.3 Å². The lowest BCUT2D eigenvalue weighted by molar-refractivity contribution is -0.122. The maximum absolute atomic E-state index is 12.3. The zero-order valence-corrected chi connectivity index (χ0v) is 18.5. The second-order valence-electron chi connectivity index (χ2n) is 10.4. The van der Waals surface area contributed by atoms with Crippen molar-refractivity contribution in [1.82, 2.24) is 16.0 Å². The van der Waals surface area contributed by atoms with Crippen LogP contribution in [0.1, 0.15) is 83.7 Å². The van der Waals surface area contributed by atoms with E-state index in [0.29, 0.717) is 12.1 Å². The second kappa shape index (κ2) is 8.24. The minimum Gasteiger partial charge on any atom is -0.353 e. The summed E-state index contributed by atoms with van der Waals surface area (Å²) in [6.07, 6.45) is 2.08.